The molecule has 9 heteroatoms. The molecule has 0 radical (unpaired) electrons. The first kappa shape index (κ1) is 13.4. The molecule has 1 aliphatic rings. The summed E-state index contributed by atoms with van der Waals surface area (Å²) >= 11 is 0. The number of nitrogens with one attached hydrogen (secondary N) is 1. The predicted octanol–water partition coefficient (Wildman–Crippen LogP) is 0.427. The van der Waals surface area contributed by atoms with Crippen LogP contribution in [0.2, 0.25) is 0 Å². The molecule has 1 rings (SSSR count). The first-order chi connectivity index (χ1) is 7.26. The van der Waals surface area contributed by atoms with Crippen LogP contribution < -0.4 is 5.23 Å². The molecule has 92 valence electrons. The second-order valence-electron chi connectivity index (χ2n) is 3.41. The molecule has 4 nitrogen and oxygen atoms in total. The van der Waals surface area contributed by atoms with Crippen LogP contribution in [0.3, 0.4) is 0 Å². The van der Waals surface area contributed by atoms with E-state index in [0.717, 1.165) is 0 Å². The predicted molar refractivity (Wildman–Crippen MR) is 53.5 cm³/mol. The molecule has 1 atom stereocenters. The molecule has 0 saturated carbocycles. The summed E-state index contributed by atoms with van der Waals surface area (Å²) in [7, 11) is -3.78. The van der Waals surface area contributed by atoms with Crippen LogP contribution in [0.1, 0.15) is 19.3 Å². The standard InChI is InChI=1S/C7H11BF3NO3S/c8-12-5-1-3-6(4-2-5)15-16(13,14)7(9,10)11/h3,5,12H,1-2,4,8H2. The largest absolute Gasteiger partial charge is 0.534 e. The number of halogens is 3. The zero-order valence-corrected chi connectivity index (χ0v) is 9.36. The van der Waals surface area contributed by atoms with Gasteiger partial charge in [0.05, 0.1) is 0 Å². The van der Waals surface area contributed by atoms with Gasteiger partial charge < -0.3 is 9.41 Å². The maximum absolute atomic E-state index is 12.0. The van der Waals surface area contributed by atoms with Crippen molar-refractivity contribution in [2.45, 2.75) is 30.8 Å². The Morgan fingerprint density at radius 3 is 2.50 bits per heavy atom. The molecule has 0 aromatic heterocycles. The van der Waals surface area contributed by atoms with Gasteiger partial charge >= 0.3 is 15.6 Å². The van der Waals surface area contributed by atoms with E-state index in [2.05, 4.69) is 9.41 Å². The van der Waals surface area contributed by atoms with E-state index in [0.29, 0.717) is 12.8 Å². The third kappa shape index (κ3) is 3.15. The van der Waals surface area contributed by atoms with Crippen molar-refractivity contribution in [3.05, 3.63) is 11.8 Å². The summed E-state index contributed by atoms with van der Waals surface area (Å²) in [6, 6.07) is 0.154. The number of hydrogen-bond acceptors (Lipinski definition) is 4. The lowest BCUT2D eigenvalue weighted by Gasteiger charge is -2.21. The van der Waals surface area contributed by atoms with Gasteiger partial charge in [-0.15, -0.1) is 0 Å². The molecule has 0 aromatic carbocycles. The van der Waals surface area contributed by atoms with Crippen LogP contribution >= 0.6 is 0 Å². The molecule has 0 saturated heterocycles. The van der Waals surface area contributed by atoms with Crippen LogP contribution in [0.5, 0.6) is 0 Å². The molecule has 1 N–H and O–H groups in total. The zero-order chi connectivity index (χ0) is 12.4. The van der Waals surface area contributed by atoms with E-state index in [4.69, 9.17) is 0 Å². The molecule has 0 heterocycles. The highest BCUT2D eigenvalue weighted by Crippen LogP contribution is 2.29. The number of rotatable bonds is 3. The van der Waals surface area contributed by atoms with Crippen molar-refractivity contribution in [2.24, 2.45) is 0 Å². The molecular formula is C7H11BF3NO3S. The van der Waals surface area contributed by atoms with E-state index < -0.39 is 15.6 Å². The normalized spacial score (nSPS) is 22.7. The van der Waals surface area contributed by atoms with E-state index in [-0.39, 0.29) is 18.2 Å². The molecule has 0 bridgehead atoms. The summed E-state index contributed by atoms with van der Waals surface area (Å²) in [6.45, 7) is 0. The van der Waals surface area contributed by atoms with Crippen molar-refractivity contribution in [3.63, 3.8) is 0 Å². The van der Waals surface area contributed by atoms with Crippen molar-refractivity contribution in [1.29, 1.82) is 0 Å². The average Bonchev–Trinajstić information content (AvgIpc) is 2.16. The number of hydrogen-bond donors (Lipinski definition) is 1. The third-order valence-corrected chi connectivity index (χ3v) is 3.28. The molecule has 0 amide bonds. The van der Waals surface area contributed by atoms with Gasteiger partial charge in [0.15, 0.2) is 7.98 Å². The zero-order valence-electron chi connectivity index (χ0n) is 8.54. The van der Waals surface area contributed by atoms with Crippen LogP contribution in [0, 0.1) is 0 Å². The van der Waals surface area contributed by atoms with Gasteiger partial charge in [0, 0.05) is 12.5 Å². The van der Waals surface area contributed by atoms with Crippen LogP contribution in [-0.2, 0) is 14.3 Å². The van der Waals surface area contributed by atoms with Crippen LogP contribution in [-0.4, -0.2) is 27.9 Å². The number of allylic oxidation sites excluding steroid dienone is 1. The van der Waals surface area contributed by atoms with E-state index in [1.165, 1.54) is 6.08 Å². The van der Waals surface area contributed by atoms with Gasteiger partial charge in [-0.05, 0) is 18.9 Å². The second kappa shape index (κ2) is 4.66. The minimum Gasteiger partial charge on any atom is -0.381 e. The Bertz CT molecular complexity index is 379. The summed E-state index contributed by atoms with van der Waals surface area (Å²) in [5.41, 5.74) is -5.37. The van der Waals surface area contributed by atoms with E-state index in [1.807, 2.05) is 0 Å². The summed E-state index contributed by atoms with van der Waals surface area (Å²) in [4.78, 5) is 0. The molecule has 0 fully saturated rings. The lowest BCUT2D eigenvalue weighted by molar-refractivity contribution is -0.0524. The number of alkyl halides is 3. The molecule has 0 aromatic rings. The van der Waals surface area contributed by atoms with Crippen molar-refractivity contribution in [3.8, 4) is 0 Å². The highest BCUT2D eigenvalue weighted by molar-refractivity contribution is 7.87. The molecule has 16 heavy (non-hydrogen) atoms. The minimum atomic E-state index is -5.51. The maximum Gasteiger partial charge on any atom is 0.534 e. The molecular weight excluding hydrogens is 246 g/mol. The molecule has 1 unspecified atom stereocenters. The topological polar surface area (TPSA) is 55.4 Å². The quantitative estimate of drug-likeness (QED) is 0.452. The van der Waals surface area contributed by atoms with Gasteiger partial charge in [0.2, 0.25) is 0 Å². The Balaban J connectivity index is 2.67. The second-order valence-corrected chi connectivity index (χ2v) is 4.95. The fraction of sp³-hybridized carbons (Fsp3) is 0.714. The lowest BCUT2D eigenvalue weighted by atomic mass is 9.99. The van der Waals surface area contributed by atoms with E-state index in [1.54, 1.807) is 7.98 Å². The van der Waals surface area contributed by atoms with Crippen LogP contribution in [0.4, 0.5) is 13.2 Å². The van der Waals surface area contributed by atoms with E-state index >= 15 is 0 Å². The summed E-state index contributed by atoms with van der Waals surface area (Å²) in [5, 5.41) is 2.95. The Morgan fingerprint density at radius 1 is 1.50 bits per heavy atom. The lowest BCUT2D eigenvalue weighted by Crippen LogP contribution is -2.30. The van der Waals surface area contributed by atoms with E-state index in [9.17, 15) is 21.6 Å². The van der Waals surface area contributed by atoms with Gasteiger partial charge in [0.25, 0.3) is 0 Å². The first-order valence-corrected chi connectivity index (χ1v) is 6.04. The third-order valence-electron chi connectivity index (χ3n) is 2.28. The van der Waals surface area contributed by atoms with Crippen molar-refractivity contribution >= 4 is 18.1 Å². The molecule has 0 spiro atoms. The van der Waals surface area contributed by atoms with Crippen LogP contribution in [0.15, 0.2) is 11.8 Å². The maximum atomic E-state index is 12.0. The summed E-state index contributed by atoms with van der Waals surface area (Å²) in [6.07, 6.45) is 2.56. The molecule has 0 aliphatic heterocycles. The smallest absolute Gasteiger partial charge is 0.381 e. The van der Waals surface area contributed by atoms with Gasteiger partial charge in [-0.3, -0.25) is 0 Å². The van der Waals surface area contributed by atoms with Crippen molar-refractivity contribution < 1.29 is 25.8 Å². The van der Waals surface area contributed by atoms with Gasteiger partial charge in [-0.1, -0.05) is 0 Å². The fourth-order valence-electron chi connectivity index (χ4n) is 1.34. The summed E-state index contributed by atoms with van der Waals surface area (Å²) < 4.78 is 61.3. The first-order valence-electron chi connectivity index (χ1n) is 4.63. The van der Waals surface area contributed by atoms with Crippen molar-refractivity contribution in [2.75, 3.05) is 0 Å². The Labute approximate surface area is 92.4 Å². The van der Waals surface area contributed by atoms with Gasteiger partial charge in [0.1, 0.15) is 5.76 Å². The monoisotopic (exact) mass is 257 g/mol. The Kier molecular flexibility index (Phi) is 3.90. The highest BCUT2D eigenvalue weighted by atomic mass is 32.2. The SMILES string of the molecule is BNC1CC=C(OS(=O)(=O)C(F)(F)F)CC1. The minimum absolute atomic E-state index is 0.135. The van der Waals surface area contributed by atoms with Gasteiger partial charge in [-0.25, -0.2) is 0 Å². The Morgan fingerprint density at radius 2 is 2.12 bits per heavy atom. The average molecular weight is 257 g/mol. The van der Waals surface area contributed by atoms with Crippen molar-refractivity contribution in [1.82, 2.24) is 5.23 Å². The van der Waals surface area contributed by atoms with Crippen LogP contribution in [0.25, 0.3) is 0 Å². The summed E-state index contributed by atoms with van der Waals surface area (Å²) in [5.74, 6) is -0.135. The fourth-order valence-corrected chi connectivity index (χ4v) is 1.86. The Hall–Kier alpha value is -0.695. The molecule has 1 aliphatic carbocycles. The van der Waals surface area contributed by atoms with Gasteiger partial charge in [-0.2, -0.15) is 21.6 Å². The highest BCUT2D eigenvalue weighted by Gasteiger charge is 2.48.